The van der Waals surface area contributed by atoms with Crippen molar-refractivity contribution in [1.29, 1.82) is 0 Å². The third-order valence-electron chi connectivity index (χ3n) is 18.5. The number of rotatable bonds is 58. The highest BCUT2D eigenvalue weighted by Crippen LogP contribution is 2.33. The monoisotopic (exact) mass is 1340 g/mol. The molecule has 0 aromatic carbocycles. The van der Waals surface area contributed by atoms with Gasteiger partial charge in [0.05, 0.1) is 38.6 Å². The SMILES string of the molecule is CCCCC/C=C\C/C=C\CCCCCCCCCC(=O)NC(COC1OC(CO)C(OC2OC(CO)C(OC3OC(CO)C(O)C(O)C3O)C(O)C2O)C(O)C1O)C(O)/C=C/CC/C=C/CC/C=C/CCCCCCCCCCCCCCCCCCCCCCCC. The minimum Gasteiger partial charge on any atom is -0.394 e. The number of carbonyl (C=O) groups excluding carboxylic acids is 1. The third-order valence-corrected chi connectivity index (χ3v) is 18.5. The van der Waals surface area contributed by atoms with Crippen LogP contribution in [0.5, 0.6) is 0 Å². The molecule has 3 saturated heterocycles. The Morgan fingerprint density at radius 3 is 1.15 bits per heavy atom. The van der Waals surface area contributed by atoms with Gasteiger partial charge in [0.1, 0.15) is 73.2 Å². The molecule has 1 amide bonds. The zero-order valence-corrected chi connectivity index (χ0v) is 58.2. The van der Waals surface area contributed by atoms with E-state index in [0.29, 0.717) is 12.8 Å². The number of aliphatic hydroxyl groups is 11. The van der Waals surface area contributed by atoms with Crippen molar-refractivity contribution in [3.63, 3.8) is 0 Å². The van der Waals surface area contributed by atoms with Crippen molar-refractivity contribution >= 4 is 5.91 Å². The van der Waals surface area contributed by atoms with Crippen molar-refractivity contribution in [1.82, 2.24) is 5.32 Å². The van der Waals surface area contributed by atoms with Crippen LogP contribution in [0.4, 0.5) is 0 Å². The van der Waals surface area contributed by atoms with Crippen LogP contribution in [0, 0.1) is 0 Å². The molecule has 3 heterocycles. The fourth-order valence-corrected chi connectivity index (χ4v) is 12.4. The first kappa shape index (κ1) is 85.7. The van der Waals surface area contributed by atoms with Gasteiger partial charge in [0.15, 0.2) is 18.9 Å². The molecule has 0 aromatic heterocycles. The quantitative estimate of drug-likeness (QED) is 0.0199. The summed E-state index contributed by atoms with van der Waals surface area (Å²) >= 11 is 0. The second-order valence-electron chi connectivity index (χ2n) is 26.7. The molecule has 0 bridgehead atoms. The second-order valence-corrected chi connectivity index (χ2v) is 26.7. The van der Waals surface area contributed by atoms with Gasteiger partial charge in [0.25, 0.3) is 0 Å². The van der Waals surface area contributed by atoms with Crippen molar-refractivity contribution in [2.75, 3.05) is 26.4 Å². The lowest BCUT2D eigenvalue weighted by Gasteiger charge is -2.48. The summed E-state index contributed by atoms with van der Waals surface area (Å²) in [5.41, 5.74) is 0. The highest BCUT2D eigenvalue weighted by Gasteiger charge is 2.53. The minimum atomic E-state index is -1.99. The van der Waals surface area contributed by atoms with Gasteiger partial charge in [-0.3, -0.25) is 4.79 Å². The molecule has 0 aliphatic carbocycles. The predicted octanol–water partition coefficient (Wildman–Crippen LogP) is 11.1. The maximum Gasteiger partial charge on any atom is 0.220 e. The summed E-state index contributed by atoms with van der Waals surface area (Å²) in [6, 6.07) is -1.00. The molecule has 17 atom stereocenters. The van der Waals surface area contributed by atoms with Crippen LogP contribution in [0.25, 0.3) is 0 Å². The molecule has 3 rings (SSSR count). The lowest BCUT2D eigenvalue weighted by atomic mass is 9.96. The minimum absolute atomic E-state index is 0.221. The first-order valence-electron chi connectivity index (χ1n) is 37.5. The number of nitrogens with one attached hydrogen (secondary N) is 1. The van der Waals surface area contributed by atoms with E-state index in [1.807, 2.05) is 6.08 Å². The topological polar surface area (TPSA) is 307 Å². The number of hydrogen-bond acceptors (Lipinski definition) is 18. The van der Waals surface area contributed by atoms with Gasteiger partial charge in [0, 0.05) is 6.42 Å². The summed E-state index contributed by atoms with van der Waals surface area (Å²) in [6.07, 6.45) is 43.6. The van der Waals surface area contributed by atoms with Crippen LogP contribution in [0.3, 0.4) is 0 Å². The standard InChI is InChI=1S/C75H135NO18/c1-3-5-7-9-11-13-15-17-19-21-22-23-24-25-26-27-28-29-30-31-32-33-34-35-37-38-40-42-44-46-48-50-52-59(80)58(76-63(81)53-51-49-47-45-43-41-39-36-20-18-16-14-12-10-8-6-4-2)57-89-73-69(87)66(84)71(61(55-78)91-73)94-75-70(88)67(85)72(62(56-79)92-75)93-74-68(86)65(83)64(82)60(54-77)90-74/h12,14,18,20,35,37,42,44,50,52,58-62,64-75,77-80,82-88H,3-11,13,15-17,19,21-34,36,38-41,43,45-49,51,53-57H2,1-2H3,(H,76,81)/b14-12-,20-18-,37-35+,44-42+,52-50+. The Labute approximate surface area is 566 Å². The van der Waals surface area contributed by atoms with E-state index in [1.54, 1.807) is 6.08 Å². The number of carbonyl (C=O) groups is 1. The highest BCUT2D eigenvalue weighted by atomic mass is 16.8. The Morgan fingerprint density at radius 1 is 0.383 bits per heavy atom. The summed E-state index contributed by atoms with van der Waals surface area (Å²) in [5, 5.41) is 121. The summed E-state index contributed by atoms with van der Waals surface area (Å²) < 4.78 is 34.3. The molecule has 94 heavy (non-hydrogen) atoms. The highest BCUT2D eigenvalue weighted by molar-refractivity contribution is 5.76. The van der Waals surface area contributed by atoms with Crippen LogP contribution >= 0.6 is 0 Å². The molecular formula is C75H135NO18. The number of allylic oxidation sites excluding steroid dienone is 9. The average molecular weight is 1340 g/mol. The molecule has 19 heteroatoms. The van der Waals surface area contributed by atoms with Crippen LogP contribution in [-0.2, 0) is 33.2 Å². The molecule has 0 spiro atoms. The number of ether oxygens (including phenoxy) is 6. The average Bonchev–Trinajstić information content (AvgIpc) is 0.787. The normalized spacial score (nSPS) is 27.7. The lowest BCUT2D eigenvalue weighted by molar-refractivity contribution is -0.379. The Balaban J connectivity index is 1.40. The third kappa shape index (κ3) is 37.1. The van der Waals surface area contributed by atoms with Gasteiger partial charge >= 0.3 is 0 Å². The number of aliphatic hydroxyl groups excluding tert-OH is 11. The van der Waals surface area contributed by atoms with E-state index in [0.717, 1.165) is 83.5 Å². The zero-order chi connectivity index (χ0) is 68.2. The van der Waals surface area contributed by atoms with Crippen molar-refractivity contribution in [3.05, 3.63) is 60.8 Å². The van der Waals surface area contributed by atoms with E-state index in [-0.39, 0.29) is 18.9 Å². The summed E-state index contributed by atoms with van der Waals surface area (Å²) in [5.74, 6) is -0.297. The van der Waals surface area contributed by atoms with Crippen LogP contribution in [0.15, 0.2) is 60.8 Å². The van der Waals surface area contributed by atoms with Crippen LogP contribution in [0.1, 0.15) is 277 Å². The van der Waals surface area contributed by atoms with Crippen molar-refractivity contribution in [3.8, 4) is 0 Å². The summed E-state index contributed by atoms with van der Waals surface area (Å²) in [4.78, 5) is 13.4. The van der Waals surface area contributed by atoms with Gasteiger partial charge in [-0.1, -0.05) is 254 Å². The maximum atomic E-state index is 13.4. The van der Waals surface area contributed by atoms with Crippen molar-refractivity contribution in [2.45, 2.75) is 381 Å². The van der Waals surface area contributed by atoms with E-state index < -0.39 is 124 Å². The second kappa shape index (κ2) is 56.3. The van der Waals surface area contributed by atoms with E-state index in [1.165, 1.54) is 161 Å². The Kier molecular flexibility index (Phi) is 51.3. The molecule has 0 radical (unpaired) electrons. The molecule has 0 aromatic rings. The first-order chi connectivity index (χ1) is 45.8. The fourth-order valence-electron chi connectivity index (χ4n) is 12.4. The molecule has 12 N–H and O–H groups in total. The molecule has 3 aliphatic heterocycles. The molecule has 3 aliphatic rings. The Hall–Kier alpha value is -2.51. The predicted molar refractivity (Wildman–Crippen MR) is 369 cm³/mol. The van der Waals surface area contributed by atoms with Crippen molar-refractivity contribution in [2.24, 2.45) is 0 Å². The van der Waals surface area contributed by atoms with Gasteiger partial charge in [-0.25, -0.2) is 0 Å². The molecule has 19 nitrogen and oxygen atoms in total. The fraction of sp³-hybridized carbons (Fsp3) is 0.853. The maximum absolute atomic E-state index is 13.4. The van der Waals surface area contributed by atoms with Gasteiger partial charge in [0.2, 0.25) is 5.91 Å². The molecule has 0 saturated carbocycles. The number of hydrogen-bond donors (Lipinski definition) is 12. The number of amides is 1. The van der Waals surface area contributed by atoms with Crippen LogP contribution in [-0.4, -0.2) is 193 Å². The lowest BCUT2D eigenvalue weighted by Crippen LogP contribution is -2.66. The van der Waals surface area contributed by atoms with E-state index >= 15 is 0 Å². The van der Waals surface area contributed by atoms with E-state index in [4.69, 9.17) is 28.4 Å². The van der Waals surface area contributed by atoms with Gasteiger partial charge in [-0.05, 0) is 77.0 Å². The van der Waals surface area contributed by atoms with Gasteiger partial charge in [-0.2, -0.15) is 0 Å². The first-order valence-corrected chi connectivity index (χ1v) is 37.5. The van der Waals surface area contributed by atoms with Crippen LogP contribution < -0.4 is 5.32 Å². The zero-order valence-electron chi connectivity index (χ0n) is 58.2. The van der Waals surface area contributed by atoms with E-state index in [2.05, 4.69) is 67.8 Å². The number of unbranched alkanes of at least 4 members (excludes halogenated alkanes) is 34. The Bertz CT molecular complexity index is 1940. The molecule has 3 fully saturated rings. The molecule has 17 unspecified atom stereocenters. The van der Waals surface area contributed by atoms with Crippen molar-refractivity contribution < 1.29 is 89.4 Å². The van der Waals surface area contributed by atoms with Crippen LogP contribution in [0.2, 0.25) is 0 Å². The summed E-state index contributed by atoms with van der Waals surface area (Å²) in [6.45, 7) is 1.69. The Morgan fingerprint density at radius 2 is 0.713 bits per heavy atom. The summed E-state index contributed by atoms with van der Waals surface area (Å²) in [7, 11) is 0. The van der Waals surface area contributed by atoms with Gasteiger partial charge in [-0.15, -0.1) is 0 Å². The molecular weight excluding hydrogens is 1200 g/mol. The molecule has 548 valence electrons. The van der Waals surface area contributed by atoms with E-state index in [9.17, 15) is 61.0 Å². The largest absolute Gasteiger partial charge is 0.394 e. The smallest absolute Gasteiger partial charge is 0.220 e. The van der Waals surface area contributed by atoms with Gasteiger partial charge < -0.3 is 89.9 Å².